The molecule has 1 aliphatic carbocycles. The number of hydrogen-bond donors (Lipinski definition) is 0. The third-order valence-electron chi connectivity index (χ3n) is 5.38. The molecular weight excluding hydrogens is 338 g/mol. The minimum atomic E-state index is -0.127. The SMILES string of the molecule is c1ccc(COC[C@@H](OCc2ccccc2)[C@@H]2ON=C3CCCC[C@@H]32)cc1. The average molecular weight is 365 g/mol. The predicted molar refractivity (Wildman–Crippen MR) is 105 cm³/mol. The Labute approximate surface area is 161 Å². The summed E-state index contributed by atoms with van der Waals surface area (Å²) in [5, 5.41) is 4.36. The van der Waals surface area contributed by atoms with Crippen LogP contribution >= 0.6 is 0 Å². The van der Waals surface area contributed by atoms with Gasteiger partial charge in [-0.25, -0.2) is 0 Å². The van der Waals surface area contributed by atoms with Gasteiger partial charge in [-0.3, -0.25) is 0 Å². The maximum Gasteiger partial charge on any atom is 0.163 e. The molecule has 1 saturated carbocycles. The molecule has 4 rings (SSSR count). The first-order valence-electron chi connectivity index (χ1n) is 9.90. The van der Waals surface area contributed by atoms with E-state index in [0.29, 0.717) is 25.7 Å². The minimum absolute atomic E-state index is 0.0419. The molecule has 2 aromatic rings. The lowest BCUT2D eigenvalue weighted by atomic mass is 9.82. The number of hydrogen-bond acceptors (Lipinski definition) is 4. The molecular formula is C23H27NO3. The molecule has 3 atom stereocenters. The fraction of sp³-hybridized carbons (Fsp3) is 0.435. The molecule has 0 N–H and O–H groups in total. The lowest BCUT2D eigenvalue weighted by Gasteiger charge is -2.29. The zero-order valence-corrected chi connectivity index (χ0v) is 15.6. The maximum absolute atomic E-state index is 6.28. The van der Waals surface area contributed by atoms with Crippen molar-refractivity contribution in [2.45, 2.75) is 51.1 Å². The van der Waals surface area contributed by atoms with Crippen LogP contribution < -0.4 is 0 Å². The van der Waals surface area contributed by atoms with Crippen molar-refractivity contribution in [3.63, 3.8) is 0 Å². The molecule has 1 aliphatic heterocycles. The quantitative estimate of drug-likeness (QED) is 0.679. The number of rotatable bonds is 8. The van der Waals surface area contributed by atoms with Crippen LogP contribution in [-0.4, -0.2) is 24.5 Å². The number of fused-ring (bicyclic) bond motifs is 1. The van der Waals surface area contributed by atoms with Gasteiger partial charge in [0.2, 0.25) is 0 Å². The van der Waals surface area contributed by atoms with Crippen LogP contribution in [0.5, 0.6) is 0 Å². The third kappa shape index (κ3) is 4.76. The van der Waals surface area contributed by atoms with Gasteiger partial charge in [0.05, 0.1) is 25.5 Å². The Morgan fingerprint density at radius 1 is 0.926 bits per heavy atom. The highest BCUT2D eigenvalue weighted by Gasteiger charge is 2.41. The summed E-state index contributed by atoms with van der Waals surface area (Å²) in [6, 6.07) is 20.5. The molecule has 1 fully saturated rings. The van der Waals surface area contributed by atoms with Gasteiger partial charge in [0.1, 0.15) is 6.10 Å². The van der Waals surface area contributed by atoms with Gasteiger partial charge in [0.25, 0.3) is 0 Å². The predicted octanol–water partition coefficient (Wildman–Crippen LogP) is 4.73. The second-order valence-corrected chi connectivity index (χ2v) is 7.34. The number of oxime groups is 1. The molecule has 0 amide bonds. The van der Waals surface area contributed by atoms with Crippen LogP contribution in [0.2, 0.25) is 0 Å². The van der Waals surface area contributed by atoms with Crippen LogP contribution in [0.4, 0.5) is 0 Å². The summed E-state index contributed by atoms with van der Waals surface area (Å²) in [6.45, 7) is 1.64. The van der Waals surface area contributed by atoms with Crippen molar-refractivity contribution in [2.24, 2.45) is 11.1 Å². The van der Waals surface area contributed by atoms with Gasteiger partial charge in [-0.05, 0) is 30.4 Å². The summed E-state index contributed by atoms with van der Waals surface area (Å²) < 4.78 is 12.3. The van der Waals surface area contributed by atoms with Gasteiger partial charge in [0, 0.05) is 5.92 Å². The Kier molecular flexibility index (Phi) is 6.17. The molecule has 0 aromatic heterocycles. The molecule has 142 valence electrons. The van der Waals surface area contributed by atoms with Crippen molar-refractivity contribution < 1.29 is 14.3 Å². The highest BCUT2D eigenvalue weighted by atomic mass is 16.7. The molecule has 27 heavy (non-hydrogen) atoms. The molecule has 4 nitrogen and oxygen atoms in total. The van der Waals surface area contributed by atoms with Gasteiger partial charge < -0.3 is 14.3 Å². The van der Waals surface area contributed by atoms with Gasteiger partial charge in [-0.2, -0.15) is 0 Å². The number of benzene rings is 2. The van der Waals surface area contributed by atoms with Gasteiger partial charge in [-0.1, -0.05) is 72.2 Å². The van der Waals surface area contributed by atoms with Crippen LogP contribution in [0.25, 0.3) is 0 Å². The first-order valence-corrected chi connectivity index (χ1v) is 9.90. The molecule has 2 aromatic carbocycles. The van der Waals surface area contributed by atoms with Crippen molar-refractivity contribution in [1.82, 2.24) is 0 Å². The minimum Gasteiger partial charge on any atom is -0.389 e. The standard InChI is InChI=1S/C23H27NO3/c1-3-9-18(10-4-1)15-25-17-22(26-16-19-11-5-2-6-12-19)23-20-13-7-8-14-21(20)24-27-23/h1-6,9-12,20,22-23H,7-8,13-17H2/t20-,22+,23+/m0/s1. The van der Waals surface area contributed by atoms with Gasteiger partial charge in [-0.15, -0.1) is 0 Å². The van der Waals surface area contributed by atoms with E-state index < -0.39 is 0 Å². The summed E-state index contributed by atoms with van der Waals surface area (Å²) in [7, 11) is 0. The number of ether oxygens (including phenoxy) is 2. The first-order chi connectivity index (χ1) is 13.4. The zero-order chi connectivity index (χ0) is 18.3. The Bertz CT molecular complexity index is 732. The zero-order valence-electron chi connectivity index (χ0n) is 15.6. The second-order valence-electron chi connectivity index (χ2n) is 7.34. The topological polar surface area (TPSA) is 40.0 Å². The van der Waals surface area contributed by atoms with Crippen molar-refractivity contribution in [3.05, 3.63) is 71.8 Å². The van der Waals surface area contributed by atoms with E-state index in [1.807, 2.05) is 36.4 Å². The molecule has 0 bridgehead atoms. The molecule has 0 spiro atoms. The van der Waals surface area contributed by atoms with Crippen molar-refractivity contribution in [3.8, 4) is 0 Å². The van der Waals surface area contributed by atoms with Gasteiger partial charge >= 0.3 is 0 Å². The molecule has 0 saturated heterocycles. The van der Waals surface area contributed by atoms with E-state index in [0.717, 1.165) is 18.4 Å². The van der Waals surface area contributed by atoms with Crippen molar-refractivity contribution in [1.29, 1.82) is 0 Å². The van der Waals surface area contributed by atoms with E-state index in [4.69, 9.17) is 14.3 Å². The molecule has 0 unspecified atom stereocenters. The monoisotopic (exact) mass is 365 g/mol. The van der Waals surface area contributed by atoms with Crippen LogP contribution in [0.1, 0.15) is 36.8 Å². The first kappa shape index (κ1) is 18.2. The molecule has 0 radical (unpaired) electrons. The Balaban J connectivity index is 1.38. The summed E-state index contributed by atoms with van der Waals surface area (Å²) >= 11 is 0. The van der Waals surface area contributed by atoms with Crippen LogP contribution in [0.15, 0.2) is 65.8 Å². The lowest BCUT2D eigenvalue weighted by Crippen LogP contribution is -2.40. The van der Waals surface area contributed by atoms with Crippen molar-refractivity contribution in [2.75, 3.05) is 6.61 Å². The lowest BCUT2D eigenvalue weighted by molar-refractivity contribution is -0.114. The van der Waals surface area contributed by atoms with E-state index in [9.17, 15) is 0 Å². The maximum atomic E-state index is 6.28. The van der Waals surface area contributed by atoms with Crippen LogP contribution in [0.3, 0.4) is 0 Å². The fourth-order valence-electron chi connectivity index (χ4n) is 3.90. The van der Waals surface area contributed by atoms with E-state index in [1.54, 1.807) is 0 Å². The largest absolute Gasteiger partial charge is 0.389 e. The summed E-state index contributed by atoms with van der Waals surface area (Å²) in [4.78, 5) is 5.84. The number of nitrogens with zero attached hydrogens (tertiary/aromatic N) is 1. The Hall–Kier alpha value is -2.17. The average Bonchev–Trinajstić information content (AvgIpc) is 3.16. The second kappa shape index (κ2) is 9.16. The fourth-order valence-corrected chi connectivity index (χ4v) is 3.90. The highest BCUT2D eigenvalue weighted by molar-refractivity contribution is 5.88. The van der Waals surface area contributed by atoms with Crippen LogP contribution in [0, 0.1) is 5.92 Å². The molecule has 2 aliphatic rings. The Morgan fingerprint density at radius 2 is 1.63 bits per heavy atom. The molecule has 1 heterocycles. The van der Waals surface area contributed by atoms with Crippen molar-refractivity contribution >= 4 is 5.71 Å². The van der Waals surface area contributed by atoms with E-state index >= 15 is 0 Å². The highest BCUT2D eigenvalue weighted by Crippen LogP contribution is 2.34. The van der Waals surface area contributed by atoms with E-state index in [2.05, 4.69) is 29.4 Å². The van der Waals surface area contributed by atoms with Gasteiger partial charge in [0.15, 0.2) is 6.10 Å². The normalized spacial score (nSPS) is 22.6. The summed E-state index contributed by atoms with van der Waals surface area (Å²) in [5.41, 5.74) is 3.54. The van der Waals surface area contributed by atoms with E-state index in [1.165, 1.54) is 24.1 Å². The Morgan fingerprint density at radius 3 is 2.37 bits per heavy atom. The third-order valence-corrected chi connectivity index (χ3v) is 5.38. The smallest absolute Gasteiger partial charge is 0.163 e. The van der Waals surface area contributed by atoms with E-state index in [-0.39, 0.29) is 12.2 Å². The van der Waals surface area contributed by atoms with Crippen LogP contribution in [-0.2, 0) is 27.5 Å². The summed E-state index contributed by atoms with van der Waals surface area (Å²) in [6.07, 6.45) is 4.47. The summed E-state index contributed by atoms with van der Waals surface area (Å²) in [5.74, 6) is 0.375. The molecule has 4 heteroatoms.